The van der Waals surface area contributed by atoms with E-state index in [1.165, 1.54) is 17.2 Å². The van der Waals surface area contributed by atoms with E-state index >= 15 is 0 Å². The maximum Gasteiger partial charge on any atom is 0.272 e. The quantitative estimate of drug-likeness (QED) is 0.221. The second-order valence-corrected chi connectivity index (χ2v) is 19.5. The Labute approximate surface area is 354 Å². The van der Waals surface area contributed by atoms with E-state index in [1.807, 2.05) is 32.9 Å². The maximum absolute atomic E-state index is 14.8. The molecule has 7 rings (SSSR count). The standard InChI is InChI=1S/C43H54F2N6O9S/c1-25(2)59-37-20-35(29-13-14-34(58-5)26(3)38(29)47-37)60-28-19-32-33(52)22-43(41(55)49-61(56,57)42(4)16-17-42)21-27(43)11-9-7-6-8-10-12-31(40(54)51(32)23-28)46-39(53)30-15-18-50(48-30)24-36(44)45/h9,11,13-15,18,20,25,27-28,31-32,36H,6-8,10,12,16-17,19,21-24H2,1-5H3,(H,46,53)(H,49,55)/b11-9-/t27-,28-,31+,32+,43-/m1/s1. The summed E-state index contributed by atoms with van der Waals surface area (Å²) in [4.78, 5) is 63.2. The number of methoxy groups -OCH3 is 1. The molecule has 2 N–H and O–H groups in total. The van der Waals surface area contributed by atoms with Crippen LogP contribution in [0.15, 0.2) is 42.6 Å². The van der Waals surface area contributed by atoms with E-state index in [1.54, 1.807) is 32.2 Å². The molecule has 2 aromatic heterocycles. The number of alkyl halides is 2. The molecule has 4 heterocycles. The zero-order valence-electron chi connectivity index (χ0n) is 35.1. The summed E-state index contributed by atoms with van der Waals surface area (Å²) < 4.78 is 73.1. The summed E-state index contributed by atoms with van der Waals surface area (Å²) in [6.45, 7) is 6.40. The molecule has 1 saturated heterocycles. The minimum absolute atomic E-state index is 0.0250. The van der Waals surface area contributed by atoms with Crippen LogP contribution in [0.5, 0.6) is 17.4 Å². The molecule has 0 radical (unpaired) electrons. The highest BCUT2D eigenvalue weighted by Gasteiger charge is 2.62. The van der Waals surface area contributed by atoms with Crippen LogP contribution in [-0.2, 0) is 31.0 Å². The van der Waals surface area contributed by atoms with E-state index in [-0.39, 0.29) is 49.9 Å². The number of hydrogen-bond acceptors (Lipinski definition) is 11. The van der Waals surface area contributed by atoms with E-state index in [0.29, 0.717) is 60.4 Å². The number of rotatable bonds is 12. The molecule has 4 aliphatic rings. The molecule has 1 aromatic carbocycles. The van der Waals surface area contributed by atoms with Crippen molar-refractivity contribution >= 4 is 44.4 Å². The van der Waals surface area contributed by atoms with E-state index < -0.39 is 74.8 Å². The number of pyridine rings is 1. The van der Waals surface area contributed by atoms with E-state index in [4.69, 9.17) is 19.2 Å². The van der Waals surface area contributed by atoms with Crippen molar-refractivity contribution in [2.75, 3.05) is 13.7 Å². The zero-order valence-corrected chi connectivity index (χ0v) is 35.9. The average molecular weight is 869 g/mol. The molecule has 2 aliphatic heterocycles. The molecule has 0 bridgehead atoms. The monoisotopic (exact) mass is 868 g/mol. The van der Waals surface area contributed by atoms with Gasteiger partial charge < -0.3 is 24.4 Å². The fourth-order valence-corrected chi connectivity index (χ4v) is 9.74. The number of aromatic nitrogens is 3. The Bertz CT molecular complexity index is 2330. The van der Waals surface area contributed by atoms with E-state index in [9.17, 15) is 36.4 Å². The van der Waals surface area contributed by atoms with Crippen molar-refractivity contribution in [3.63, 3.8) is 0 Å². The number of aryl methyl sites for hydroxylation is 1. The van der Waals surface area contributed by atoms with Crippen LogP contribution < -0.4 is 24.2 Å². The van der Waals surface area contributed by atoms with Crippen molar-refractivity contribution in [3.05, 3.63) is 53.9 Å². The van der Waals surface area contributed by atoms with Crippen molar-refractivity contribution < 1.29 is 50.6 Å². The Morgan fingerprint density at radius 1 is 1.08 bits per heavy atom. The number of Topliss-reactive ketones (excluding diaryl/α,β-unsaturated/α-hetero) is 1. The number of nitrogens with zero attached hydrogens (tertiary/aromatic N) is 4. The molecular formula is C43H54F2N6O9S. The van der Waals surface area contributed by atoms with Gasteiger partial charge in [-0.2, -0.15) is 5.10 Å². The van der Waals surface area contributed by atoms with Crippen LogP contribution in [0.2, 0.25) is 0 Å². The molecular weight excluding hydrogens is 815 g/mol. The van der Waals surface area contributed by atoms with Crippen LogP contribution in [-0.4, -0.2) is 101 Å². The number of nitrogens with one attached hydrogen (secondary N) is 2. The van der Waals surface area contributed by atoms with E-state index in [2.05, 4.69) is 15.1 Å². The number of carbonyl (C=O) groups is 4. The van der Waals surface area contributed by atoms with Gasteiger partial charge in [-0.3, -0.25) is 28.6 Å². The number of sulfonamides is 1. The first-order valence-electron chi connectivity index (χ1n) is 20.9. The van der Waals surface area contributed by atoms with Gasteiger partial charge in [-0.05, 0) is 90.3 Å². The molecule has 2 saturated carbocycles. The SMILES string of the molecule is COc1ccc2c(O[C@@H]3C[C@H]4C(=O)C[C@]5(C(=O)NS(=O)(=O)C6(C)CC6)C[C@H]5/C=C\CCCCC[C@H](NC(=O)c5ccn(CC(F)F)n5)C(=O)N4C3)cc(OC(C)C)nc2c1C. The van der Waals surface area contributed by atoms with Crippen molar-refractivity contribution in [1.82, 2.24) is 29.7 Å². The maximum atomic E-state index is 14.8. The summed E-state index contributed by atoms with van der Waals surface area (Å²) in [5, 5.41) is 7.38. The van der Waals surface area contributed by atoms with Crippen LogP contribution in [0, 0.1) is 18.3 Å². The van der Waals surface area contributed by atoms with E-state index in [0.717, 1.165) is 16.7 Å². The van der Waals surface area contributed by atoms with Gasteiger partial charge in [-0.15, -0.1) is 0 Å². The first-order valence-corrected chi connectivity index (χ1v) is 22.4. The van der Waals surface area contributed by atoms with Crippen LogP contribution in [0.4, 0.5) is 8.78 Å². The minimum atomic E-state index is -4.01. The lowest BCUT2D eigenvalue weighted by Gasteiger charge is -2.29. The van der Waals surface area contributed by atoms with Gasteiger partial charge in [0.2, 0.25) is 27.7 Å². The number of hydrogen-bond donors (Lipinski definition) is 2. The highest BCUT2D eigenvalue weighted by atomic mass is 32.2. The normalized spacial score (nSPS) is 25.9. The third kappa shape index (κ3) is 9.38. The third-order valence-corrected chi connectivity index (χ3v) is 14.5. The van der Waals surface area contributed by atoms with Gasteiger partial charge in [-0.25, -0.2) is 22.2 Å². The van der Waals surface area contributed by atoms with Crippen LogP contribution >= 0.6 is 0 Å². The predicted molar refractivity (Wildman–Crippen MR) is 220 cm³/mol. The Kier molecular flexibility index (Phi) is 12.5. The summed E-state index contributed by atoms with van der Waals surface area (Å²) in [7, 11) is -2.45. The fraction of sp³-hybridized carbons (Fsp3) is 0.581. The smallest absolute Gasteiger partial charge is 0.272 e. The fourth-order valence-electron chi connectivity index (χ4n) is 8.40. The summed E-state index contributed by atoms with van der Waals surface area (Å²) in [5.74, 6) is -1.58. The first-order chi connectivity index (χ1) is 28.9. The van der Waals surface area contributed by atoms with Gasteiger partial charge in [0.15, 0.2) is 5.78 Å². The number of allylic oxidation sites excluding steroid dienone is 2. The highest BCUT2D eigenvalue weighted by molar-refractivity contribution is 7.91. The number of amides is 3. The minimum Gasteiger partial charge on any atom is -0.496 e. The average Bonchev–Trinajstić information content (AvgIpc) is 3.99. The number of carbonyl (C=O) groups excluding carboxylic acids is 4. The highest BCUT2D eigenvalue weighted by Crippen LogP contribution is 2.57. The number of fused-ring (bicyclic) bond motifs is 3. The molecule has 61 heavy (non-hydrogen) atoms. The molecule has 2 aliphatic carbocycles. The summed E-state index contributed by atoms with van der Waals surface area (Å²) in [5.41, 5.74) is -0.174. The van der Waals surface area contributed by atoms with Gasteiger partial charge >= 0.3 is 0 Å². The molecule has 0 unspecified atom stereocenters. The van der Waals surface area contributed by atoms with Crippen molar-refractivity contribution in [2.24, 2.45) is 11.3 Å². The Morgan fingerprint density at radius 2 is 1.85 bits per heavy atom. The van der Waals surface area contributed by atoms with Crippen molar-refractivity contribution in [2.45, 2.75) is 134 Å². The lowest BCUT2D eigenvalue weighted by Crippen LogP contribution is -2.52. The van der Waals surface area contributed by atoms with Gasteiger partial charge in [0, 0.05) is 36.1 Å². The molecule has 18 heteroatoms. The van der Waals surface area contributed by atoms with Gasteiger partial charge in [0.25, 0.3) is 12.3 Å². The number of benzene rings is 1. The van der Waals surface area contributed by atoms with Crippen LogP contribution in [0.3, 0.4) is 0 Å². The van der Waals surface area contributed by atoms with Crippen LogP contribution in [0.25, 0.3) is 10.9 Å². The first kappa shape index (κ1) is 43.9. The van der Waals surface area contributed by atoms with Crippen LogP contribution in [0.1, 0.15) is 101 Å². The third-order valence-electron chi connectivity index (χ3n) is 12.4. The predicted octanol–water partition coefficient (Wildman–Crippen LogP) is 5.43. The van der Waals surface area contributed by atoms with Gasteiger partial charge in [0.1, 0.15) is 35.9 Å². The van der Waals surface area contributed by atoms with Gasteiger partial charge in [0.05, 0.1) is 41.5 Å². The number of ketones is 1. The molecule has 3 fully saturated rings. The number of halogens is 2. The molecule has 3 amide bonds. The zero-order chi connectivity index (χ0) is 43.9. The van der Waals surface area contributed by atoms with Crippen molar-refractivity contribution in [1.29, 1.82) is 0 Å². The largest absolute Gasteiger partial charge is 0.496 e. The lowest BCUT2D eigenvalue weighted by molar-refractivity contribution is -0.140. The second-order valence-electron chi connectivity index (χ2n) is 17.3. The van der Waals surface area contributed by atoms with Crippen molar-refractivity contribution in [3.8, 4) is 17.4 Å². The summed E-state index contributed by atoms with van der Waals surface area (Å²) >= 11 is 0. The summed E-state index contributed by atoms with van der Waals surface area (Å²) in [6, 6.07) is 4.31. The Balaban J connectivity index is 1.23. The molecule has 330 valence electrons. The molecule has 5 atom stereocenters. The Hall–Kier alpha value is -5.13. The Morgan fingerprint density at radius 3 is 2.56 bits per heavy atom. The molecule has 15 nitrogen and oxygen atoms in total. The molecule has 0 spiro atoms. The lowest BCUT2D eigenvalue weighted by atomic mass is 9.91. The number of ether oxygens (including phenoxy) is 3. The van der Waals surface area contributed by atoms with Gasteiger partial charge in [-0.1, -0.05) is 25.0 Å². The summed E-state index contributed by atoms with van der Waals surface area (Å²) in [6.07, 6.45) is 5.05. The second kappa shape index (κ2) is 17.3. The molecule has 3 aromatic rings. The topological polar surface area (TPSA) is 188 Å².